The van der Waals surface area contributed by atoms with Gasteiger partial charge in [0.05, 0.1) is 0 Å². The number of benzene rings is 1. The predicted octanol–water partition coefficient (Wildman–Crippen LogP) is 2.00. The number of para-hydroxylation sites is 1. The van der Waals surface area contributed by atoms with Gasteiger partial charge in [0.2, 0.25) is 0 Å². The van der Waals surface area contributed by atoms with Crippen LogP contribution in [0.25, 0.3) is 10.9 Å². The lowest BCUT2D eigenvalue weighted by atomic mass is 10.1. The molecule has 1 aromatic heterocycles. The number of H-pyrrole nitrogens is 1. The molecule has 1 atom stereocenters. The molecule has 1 aromatic carbocycles. The number of aromatic amines is 1. The molecule has 84 valence electrons. The molecule has 2 N–H and O–H groups in total. The van der Waals surface area contributed by atoms with Crippen LogP contribution >= 0.6 is 0 Å². The second-order valence-corrected chi connectivity index (χ2v) is 4.34. The Labute approximate surface area is 93.0 Å². The Morgan fingerprint density at radius 2 is 2.38 bits per heavy atom. The highest BCUT2D eigenvalue weighted by Gasteiger charge is 2.17. The average Bonchev–Trinajstić information content (AvgIpc) is 2.90. The van der Waals surface area contributed by atoms with Gasteiger partial charge in [-0.3, -0.25) is 5.10 Å². The fourth-order valence-corrected chi connectivity index (χ4v) is 2.39. The summed E-state index contributed by atoms with van der Waals surface area (Å²) in [5.74, 6) is -0.251. The first kappa shape index (κ1) is 9.78. The Bertz CT molecular complexity index is 500. The van der Waals surface area contributed by atoms with Crippen molar-refractivity contribution >= 4 is 10.9 Å². The molecule has 2 aromatic rings. The number of aromatic nitrogens is 2. The van der Waals surface area contributed by atoms with Crippen molar-refractivity contribution in [2.75, 3.05) is 6.54 Å². The summed E-state index contributed by atoms with van der Waals surface area (Å²) in [6.45, 7) is 1.09. The van der Waals surface area contributed by atoms with E-state index in [1.807, 2.05) is 6.07 Å². The Morgan fingerprint density at radius 1 is 1.44 bits per heavy atom. The van der Waals surface area contributed by atoms with Gasteiger partial charge < -0.3 is 5.32 Å². The summed E-state index contributed by atoms with van der Waals surface area (Å²) in [7, 11) is 0. The smallest absolute Gasteiger partial charge is 0.151 e. The summed E-state index contributed by atoms with van der Waals surface area (Å²) in [4.78, 5) is 0. The molecule has 0 aliphatic carbocycles. The molecule has 4 heteroatoms. The molecule has 0 saturated carbocycles. The first-order valence-electron chi connectivity index (χ1n) is 5.69. The first-order valence-corrected chi connectivity index (χ1v) is 5.69. The van der Waals surface area contributed by atoms with Gasteiger partial charge in [0, 0.05) is 23.5 Å². The predicted molar refractivity (Wildman–Crippen MR) is 60.8 cm³/mol. The summed E-state index contributed by atoms with van der Waals surface area (Å²) in [5, 5.41) is 11.3. The number of rotatable bonds is 2. The van der Waals surface area contributed by atoms with Crippen molar-refractivity contribution in [2.24, 2.45) is 0 Å². The van der Waals surface area contributed by atoms with Crippen LogP contribution in [0.4, 0.5) is 4.39 Å². The molecule has 3 nitrogen and oxygen atoms in total. The molecule has 0 bridgehead atoms. The molecular weight excluding hydrogens is 205 g/mol. The third-order valence-corrected chi connectivity index (χ3v) is 3.23. The molecule has 1 aliphatic rings. The summed E-state index contributed by atoms with van der Waals surface area (Å²) >= 11 is 0. The SMILES string of the molecule is Fc1cccc2c(CC3CCCN3)[nH]nc12. The number of hydrogen-bond acceptors (Lipinski definition) is 2. The summed E-state index contributed by atoms with van der Waals surface area (Å²) in [5.41, 5.74) is 1.49. The van der Waals surface area contributed by atoms with Crippen LogP contribution in [0.1, 0.15) is 18.5 Å². The molecule has 0 spiro atoms. The van der Waals surface area contributed by atoms with Crippen molar-refractivity contribution in [2.45, 2.75) is 25.3 Å². The highest BCUT2D eigenvalue weighted by Crippen LogP contribution is 2.21. The monoisotopic (exact) mass is 219 g/mol. The quantitative estimate of drug-likeness (QED) is 0.811. The van der Waals surface area contributed by atoms with E-state index in [0.29, 0.717) is 11.6 Å². The normalized spacial score (nSPS) is 20.7. The first-order chi connectivity index (χ1) is 7.84. The molecule has 1 saturated heterocycles. The lowest BCUT2D eigenvalue weighted by Crippen LogP contribution is -2.23. The molecule has 1 unspecified atom stereocenters. The lowest BCUT2D eigenvalue weighted by molar-refractivity contribution is 0.596. The van der Waals surface area contributed by atoms with Gasteiger partial charge in [0.15, 0.2) is 5.82 Å². The van der Waals surface area contributed by atoms with Gasteiger partial charge in [-0.2, -0.15) is 5.10 Å². The zero-order valence-corrected chi connectivity index (χ0v) is 8.96. The molecular formula is C12H14FN3. The molecule has 0 radical (unpaired) electrons. The van der Waals surface area contributed by atoms with Gasteiger partial charge in [-0.05, 0) is 25.5 Å². The maximum Gasteiger partial charge on any atom is 0.151 e. The van der Waals surface area contributed by atoms with E-state index < -0.39 is 0 Å². The van der Waals surface area contributed by atoms with Gasteiger partial charge in [-0.15, -0.1) is 0 Å². The number of nitrogens with zero attached hydrogens (tertiary/aromatic N) is 1. The van der Waals surface area contributed by atoms with E-state index in [-0.39, 0.29) is 5.82 Å². The molecule has 2 heterocycles. The van der Waals surface area contributed by atoms with Crippen LogP contribution in [0.3, 0.4) is 0 Å². The van der Waals surface area contributed by atoms with Crippen LogP contribution < -0.4 is 5.32 Å². The van der Waals surface area contributed by atoms with Crippen LogP contribution in [0, 0.1) is 5.82 Å². The number of fused-ring (bicyclic) bond motifs is 1. The lowest BCUT2D eigenvalue weighted by Gasteiger charge is -2.07. The maximum atomic E-state index is 13.4. The van der Waals surface area contributed by atoms with E-state index in [2.05, 4.69) is 15.5 Å². The third-order valence-electron chi connectivity index (χ3n) is 3.23. The van der Waals surface area contributed by atoms with Crippen LogP contribution in [-0.4, -0.2) is 22.8 Å². The van der Waals surface area contributed by atoms with Crippen molar-refractivity contribution in [3.8, 4) is 0 Å². The molecule has 1 aliphatic heterocycles. The van der Waals surface area contributed by atoms with E-state index in [0.717, 1.165) is 24.0 Å². The van der Waals surface area contributed by atoms with E-state index >= 15 is 0 Å². The van der Waals surface area contributed by atoms with Crippen LogP contribution in [-0.2, 0) is 6.42 Å². The molecule has 1 fully saturated rings. The Morgan fingerprint density at radius 3 is 3.19 bits per heavy atom. The van der Waals surface area contributed by atoms with E-state index in [4.69, 9.17) is 0 Å². The van der Waals surface area contributed by atoms with Crippen molar-refractivity contribution in [1.29, 1.82) is 0 Å². The number of hydrogen-bond donors (Lipinski definition) is 2. The van der Waals surface area contributed by atoms with E-state index in [9.17, 15) is 4.39 Å². The zero-order chi connectivity index (χ0) is 11.0. The molecule has 3 rings (SSSR count). The van der Waals surface area contributed by atoms with Gasteiger partial charge >= 0.3 is 0 Å². The minimum absolute atomic E-state index is 0.251. The Balaban J connectivity index is 1.94. The van der Waals surface area contributed by atoms with Crippen LogP contribution in [0.15, 0.2) is 18.2 Å². The second-order valence-electron chi connectivity index (χ2n) is 4.34. The van der Waals surface area contributed by atoms with Gasteiger partial charge in [-0.1, -0.05) is 12.1 Å². The summed E-state index contributed by atoms with van der Waals surface area (Å²) in [6.07, 6.45) is 3.32. The zero-order valence-electron chi connectivity index (χ0n) is 8.96. The van der Waals surface area contributed by atoms with Crippen molar-refractivity contribution in [3.05, 3.63) is 29.7 Å². The fraction of sp³-hybridized carbons (Fsp3) is 0.417. The van der Waals surface area contributed by atoms with Crippen LogP contribution in [0.2, 0.25) is 0 Å². The number of halogens is 1. The highest BCUT2D eigenvalue weighted by molar-refractivity contribution is 5.81. The standard InChI is InChI=1S/C12H14FN3/c13-10-5-1-4-9-11(15-16-12(9)10)7-8-3-2-6-14-8/h1,4-5,8,14H,2-3,6-7H2,(H,15,16). The minimum atomic E-state index is -0.251. The topological polar surface area (TPSA) is 40.7 Å². The second kappa shape index (κ2) is 3.87. The van der Waals surface area contributed by atoms with Crippen LogP contribution in [0.5, 0.6) is 0 Å². The third kappa shape index (κ3) is 1.59. The largest absolute Gasteiger partial charge is 0.314 e. The van der Waals surface area contributed by atoms with E-state index in [1.165, 1.54) is 18.9 Å². The average molecular weight is 219 g/mol. The van der Waals surface area contributed by atoms with Gasteiger partial charge in [0.1, 0.15) is 5.52 Å². The van der Waals surface area contributed by atoms with Gasteiger partial charge in [0.25, 0.3) is 0 Å². The summed E-state index contributed by atoms with van der Waals surface area (Å²) < 4.78 is 13.4. The molecule has 0 amide bonds. The minimum Gasteiger partial charge on any atom is -0.314 e. The fourth-order valence-electron chi connectivity index (χ4n) is 2.39. The maximum absolute atomic E-state index is 13.4. The Kier molecular flexibility index (Phi) is 2.36. The number of nitrogens with one attached hydrogen (secondary N) is 2. The highest BCUT2D eigenvalue weighted by atomic mass is 19.1. The molecule has 16 heavy (non-hydrogen) atoms. The van der Waals surface area contributed by atoms with Gasteiger partial charge in [-0.25, -0.2) is 4.39 Å². The van der Waals surface area contributed by atoms with E-state index in [1.54, 1.807) is 6.07 Å². The van der Waals surface area contributed by atoms with Crippen molar-refractivity contribution in [3.63, 3.8) is 0 Å². The van der Waals surface area contributed by atoms with Crippen molar-refractivity contribution < 1.29 is 4.39 Å². The summed E-state index contributed by atoms with van der Waals surface area (Å²) in [6, 6.07) is 5.61. The van der Waals surface area contributed by atoms with Crippen molar-refractivity contribution in [1.82, 2.24) is 15.5 Å². The Hall–Kier alpha value is -1.42.